The molecule has 2 rings (SSSR count). The minimum Gasteiger partial charge on any atom is -0.332 e. The summed E-state index contributed by atoms with van der Waals surface area (Å²) in [5.74, 6) is -0.500. The molecule has 21 heavy (non-hydrogen) atoms. The van der Waals surface area contributed by atoms with Gasteiger partial charge in [0.05, 0.1) is 12.1 Å². The lowest BCUT2D eigenvalue weighted by Crippen LogP contribution is -2.34. The molecule has 108 valence electrons. The van der Waals surface area contributed by atoms with Crippen molar-refractivity contribution < 1.29 is 9.59 Å². The van der Waals surface area contributed by atoms with E-state index in [1.807, 2.05) is 18.2 Å². The van der Waals surface area contributed by atoms with Crippen LogP contribution in [0.1, 0.15) is 10.4 Å². The van der Waals surface area contributed by atoms with E-state index in [0.717, 1.165) is 0 Å². The van der Waals surface area contributed by atoms with Crippen LogP contribution >= 0.6 is 15.9 Å². The molecule has 0 saturated heterocycles. The first-order valence-corrected chi connectivity index (χ1v) is 7.07. The Morgan fingerprint density at radius 2 is 1.90 bits per heavy atom. The summed E-state index contributed by atoms with van der Waals surface area (Å²) < 4.78 is 0.656. The van der Waals surface area contributed by atoms with Crippen LogP contribution in [0, 0.1) is 0 Å². The molecule has 1 heterocycles. The summed E-state index contributed by atoms with van der Waals surface area (Å²) >= 11 is 3.21. The van der Waals surface area contributed by atoms with Crippen molar-refractivity contribution in [3.8, 4) is 0 Å². The number of amides is 2. The smallest absolute Gasteiger partial charge is 0.255 e. The van der Waals surface area contributed by atoms with Gasteiger partial charge in [0, 0.05) is 18.9 Å². The van der Waals surface area contributed by atoms with Gasteiger partial charge < -0.3 is 10.2 Å². The number of rotatable bonds is 4. The van der Waals surface area contributed by atoms with Gasteiger partial charge in [-0.3, -0.25) is 9.59 Å². The molecular weight excluding hydrogens is 334 g/mol. The lowest BCUT2D eigenvalue weighted by atomic mass is 10.2. The summed E-state index contributed by atoms with van der Waals surface area (Å²) in [6.07, 6.45) is 1.47. The second kappa shape index (κ2) is 6.99. The number of pyridine rings is 1. The van der Waals surface area contributed by atoms with Crippen LogP contribution in [-0.2, 0) is 4.79 Å². The zero-order valence-electron chi connectivity index (χ0n) is 11.4. The van der Waals surface area contributed by atoms with E-state index < -0.39 is 0 Å². The number of nitrogens with zero attached hydrogens (tertiary/aromatic N) is 2. The fraction of sp³-hybridized carbons (Fsp3) is 0.133. The van der Waals surface area contributed by atoms with Crippen LogP contribution in [0.4, 0.5) is 5.69 Å². The van der Waals surface area contributed by atoms with Crippen molar-refractivity contribution in [1.29, 1.82) is 0 Å². The van der Waals surface area contributed by atoms with Gasteiger partial charge in [-0.25, -0.2) is 4.98 Å². The van der Waals surface area contributed by atoms with Gasteiger partial charge >= 0.3 is 0 Å². The Morgan fingerprint density at radius 1 is 1.19 bits per heavy atom. The number of carbonyl (C=O) groups excluding carboxylic acids is 2. The third-order valence-corrected chi connectivity index (χ3v) is 3.23. The molecule has 0 unspecified atom stereocenters. The number of carbonyl (C=O) groups is 2. The van der Waals surface area contributed by atoms with Gasteiger partial charge in [0.15, 0.2) is 0 Å². The molecule has 0 saturated carbocycles. The fourth-order valence-electron chi connectivity index (χ4n) is 1.73. The van der Waals surface area contributed by atoms with Gasteiger partial charge in [-0.05, 0) is 40.2 Å². The maximum absolute atomic E-state index is 12.1. The largest absolute Gasteiger partial charge is 0.332 e. The second-order valence-corrected chi connectivity index (χ2v) is 5.26. The molecule has 5 nitrogen and oxygen atoms in total. The van der Waals surface area contributed by atoms with E-state index in [-0.39, 0.29) is 18.4 Å². The number of nitrogens with one attached hydrogen (secondary N) is 1. The van der Waals surface area contributed by atoms with E-state index in [2.05, 4.69) is 26.2 Å². The van der Waals surface area contributed by atoms with Crippen LogP contribution in [0.2, 0.25) is 0 Å². The van der Waals surface area contributed by atoms with Gasteiger partial charge in [0.2, 0.25) is 5.91 Å². The third kappa shape index (κ3) is 4.39. The Hall–Kier alpha value is -2.21. The lowest BCUT2D eigenvalue weighted by Gasteiger charge is -2.16. The van der Waals surface area contributed by atoms with E-state index in [1.165, 1.54) is 11.1 Å². The van der Waals surface area contributed by atoms with Gasteiger partial charge in [0.1, 0.15) is 4.60 Å². The standard InChI is InChI=1S/C15H14BrN3O2/c1-19(15(21)11-7-8-13(16)17-9-11)10-14(20)18-12-5-3-2-4-6-12/h2-9H,10H2,1H3,(H,18,20). The first-order valence-electron chi connectivity index (χ1n) is 6.28. The highest BCUT2D eigenvalue weighted by molar-refractivity contribution is 9.10. The minimum atomic E-state index is -0.252. The summed E-state index contributed by atoms with van der Waals surface area (Å²) in [5, 5.41) is 2.73. The first-order chi connectivity index (χ1) is 10.1. The van der Waals surface area contributed by atoms with Crippen LogP contribution < -0.4 is 5.32 Å². The van der Waals surface area contributed by atoms with Crippen molar-refractivity contribution in [2.24, 2.45) is 0 Å². The number of anilines is 1. The van der Waals surface area contributed by atoms with Crippen molar-refractivity contribution in [3.63, 3.8) is 0 Å². The molecular formula is C15H14BrN3O2. The highest BCUT2D eigenvalue weighted by Gasteiger charge is 2.15. The van der Waals surface area contributed by atoms with Crippen LogP contribution in [0.25, 0.3) is 0 Å². The van der Waals surface area contributed by atoms with Gasteiger partial charge in [-0.1, -0.05) is 18.2 Å². The highest BCUT2D eigenvalue weighted by Crippen LogP contribution is 2.09. The molecule has 0 fully saturated rings. The molecule has 2 amide bonds. The Labute approximate surface area is 131 Å². The van der Waals surface area contributed by atoms with E-state index >= 15 is 0 Å². The Bertz CT molecular complexity index is 629. The number of likely N-dealkylation sites (N-methyl/N-ethyl adjacent to an activating group) is 1. The summed E-state index contributed by atoms with van der Waals surface area (Å²) in [6, 6.07) is 12.5. The van der Waals surface area contributed by atoms with Crippen LogP contribution in [-0.4, -0.2) is 35.3 Å². The lowest BCUT2D eigenvalue weighted by molar-refractivity contribution is -0.116. The SMILES string of the molecule is CN(CC(=O)Nc1ccccc1)C(=O)c1ccc(Br)nc1. The third-order valence-electron chi connectivity index (χ3n) is 2.76. The Morgan fingerprint density at radius 3 is 2.52 bits per heavy atom. The second-order valence-electron chi connectivity index (χ2n) is 4.45. The number of para-hydroxylation sites is 1. The van der Waals surface area contributed by atoms with Crippen LogP contribution in [0.3, 0.4) is 0 Å². The van der Waals surface area contributed by atoms with Gasteiger partial charge in [-0.15, -0.1) is 0 Å². The number of hydrogen-bond acceptors (Lipinski definition) is 3. The predicted molar refractivity (Wildman–Crippen MR) is 84.0 cm³/mol. The number of benzene rings is 1. The molecule has 0 aliphatic carbocycles. The van der Waals surface area contributed by atoms with Gasteiger partial charge in [-0.2, -0.15) is 0 Å². The van der Waals surface area contributed by atoms with E-state index in [4.69, 9.17) is 0 Å². The number of halogens is 1. The van der Waals surface area contributed by atoms with E-state index in [0.29, 0.717) is 15.9 Å². The average Bonchev–Trinajstić information content (AvgIpc) is 2.48. The zero-order valence-corrected chi connectivity index (χ0v) is 13.0. The molecule has 0 bridgehead atoms. The maximum atomic E-state index is 12.1. The molecule has 2 aromatic rings. The minimum absolute atomic E-state index is 0.0240. The summed E-state index contributed by atoms with van der Waals surface area (Å²) in [7, 11) is 1.58. The molecule has 0 aliphatic rings. The maximum Gasteiger partial charge on any atom is 0.255 e. The molecule has 0 atom stereocenters. The molecule has 0 radical (unpaired) electrons. The topological polar surface area (TPSA) is 62.3 Å². The molecule has 1 aromatic heterocycles. The zero-order chi connectivity index (χ0) is 15.2. The van der Waals surface area contributed by atoms with Crippen molar-refractivity contribution in [2.45, 2.75) is 0 Å². The molecule has 1 N–H and O–H groups in total. The molecule has 6 heteroatoms. The number of aromatic nitrogens is 1. The van der Waals surface area contributed by atoms with Gasteiger partial charge in [0.25, 0.3) is 5.91 Å². The molecule has 1 aromatic carbocycles. The summed E-state index contributed by atoms with van der Waals surface area (Å²) in [4.78, 5) is 29.4. The quantitative estimate of drug-likeness (QED) is 0.864. The Balaban J connectivity index is 1.94. The van der Waals surface area contributed by atoms with Crippen molar-refractivity contribution in [3.05, 3.63) is 58.8 Å². The summed E-state index contributed by atoms with van der Waals surface area (Å²) in [6.45, 7) is -0.0240. The van der Waals surface area contributed by atoms with Crippen LogP contribution in [0.15, 0.2) is 53.3 Å². The average molecular weight is 348 g/mol. The van der Waals surface area contributed by atoms with Crippen molar-refractivity contribution >= 4 is 33.4 Å². The van der Waals surface area contributed by atoms with Crippen molar-refractivity contribution in [1.82, 2.24) is 9.88 Å². The predicted octanol–water partition coefficient (Wildman–Crippen LogP) is 2.55. The first kappa shape index (κ1) is 15.2. The number of hydrogen-bond donors (Lipinski definition) is 1. The van der Waals surface area contributed by atoms with E-state index in [9.17, 15) is 9.59 Å². The van der Waals surface area contributed by atoms with Crippen molar-refractivity contribution in [2.75, 3.05) is 18.9 Å². The summed E-state index contributed by atoms with van der Waals surface area (Å²) in [5.41, 5.74) is 1.14. The molecule has 0 aliphatic heterocycles. The monoisotopic (exact) mass is 347 g/mol. The molecule has 0 spiro atoms. The van der Waals surface area contributed by atoms with Crippen LogP contribution in [0.5, 0.6) is 0 Å². The normalized spacial score (nSPS) is 10.0. The highest BCUT2D eigenvalue weighted by atomic mass is 79.9. The Kier molecular flexibility index (Phi) is 5.05. The fourth-order valence-corrected chi connectivity index (χ4v) is 1.97. The van der Waals surface area contributed by atoms with E-state index in [1.54, 1.807) is 31.3 Å².